The molecule has 0 saturated carbocycles. The van der Waals surface area contributed by atoms with Crippen molar-refractivity contribution in [2.75, 3.05) is 46.6 Å². The van der Waals surface area contributed by atoms with E-state index in [2.05, 4.69) is 10.2 Å². The fourth-order valence-corrected chi connectivity index (χ4v) is 5.30. The van der Waals surface area contributed by atoms with Crippen LogP contribution in [0.25, 0.3) is 0 Å². The average molecular weight is 462 g/mol. The molecule has 0 atom stereocenters. The first-order valence-electron chi connectivity index (χ1n) is 10.5. The van der Waals surface area contributed by atoms with Gasteiger partial charge in [0.05, 0.1) is 17.6 Å². The summed E-state index contributed by atoms with van der Waals surface area (Å²) >= 11 is 0. The molecule has 0 radical (unpaired) electrons. The lowest BCUT2D eigenvalue weighted by molar-refractivity contribution is 0.0952. The SMILES string of the molecule is CCNC(=O)c1cc(S(=O)(=O)N2CCN(Cc3ccc4c(c3)OCO4)CC2)ccc1OC. The van der Waals surface area contributed by atoms with E-state index in [1.807, 2.05) is 18.2 Å². The van der Waals surface area contributed by atoms with Crippen LogP contribution in [0.3, 0.4) is 0 Å². The van der Waals surface area contributed by atoms with Crippen LogP contribution in [0, 0.1) is 0 Å². The van der Waals surface area contributed by atoms with Crippen LogP contribution in [0.2, 0.25) is 0 Å². The minimum Gasteiger partial charge on any atom is -0.496 e. The predicted octanol–water partition coefficient (Wildman–Crippen LogP) is 1.68. The number of carbonyl (C=O) groups is 1. The van der Waals surface area contributed by atoms with Gasteiger partial charge in [-0.2, -0.15) is 4.31 Å². The third kappa shape index (κ3) is 4.52. The highest BCUT2D eigenvalue weighted by atomic mass is 32.2. The van der Waals surface area contributed by atoms with E-state index < -0.39 is 10.0 Å². The fraction of sp³-hybridized carbons (Fsp3) is 0.409. The second-order valence-electron chi connectivity index (χ2n) is 7.59. The van der Waals surface area contributed by atoms with E-state index in [1.54, 1.807) is 6.92 Å². The highest BCUT2D eigenvalue weighted by Gasteiger charge is 2.30. The number of amides is 1. The van der Waals surface area contributed by atoms with E-state index in [9.17, 15) is 13.2 Å². The molecule has 2 heterocycles. The van der Waals surface area contributed by atoms with Gasteiger partial charge in [0.25, 0.3) is 5.91 Å². The van der Waals surface area contributed by atoms with Crippen molar-refractivity contribution in [2.45, 2.75) is 18.4 Å². The lowest BCUT2D eigenvalue weighted by Gasteiger charge is -2.34. The van der Waals surface area contributed by atoms with Gasteiger partial charge in [0.15, 0.2) is 11.5 Å². The Morgan fingerprint density at radius 3 is 2.53 bits per heavy atom. The van der Waals surface area contributed by atoms with E-state index in [0.717, 1.165) is 17.1 Å². The van der Waals surface area contributed by atoms with Crippen molar-refractivity contribution in [1.29, 1.82) is 0 Å². The fourth-order valence-electron chi connectivity index (χ4n) is 3.86. The lowest BCUT2D eigenvalue weighted by Crippen LogP contribution is -2.48. The summed E-state index contributed by atoms with van der Waals surface area (Å²) in [6.07, 6.45) is 0. The summed E-state index contributed by atoms with van der Waals surface area (Å²) in [6.45, 7) is 5.13. The van der Waals surface area contributed by atoms with Gasteiger partial charge in [-0.15, -0.1) is 0 Å². The van der Waals surface area contributed by atoms with Crippen LogP contribution in [0.4, 0.5) is 0 Å². The number of carbonyl (C=O) groups excluding carboxylic acids is 1. The molecule has 2 aliphatic heterocycles. The first kappa shape index (κ1) is 22.4. The molecule has 172 valence electrons. The van der Waals surface area contributed by atoms with Crippen LogP contribution >= 0.6 is 0 Å². The monoisotopic (exact) mass is 461 g/mol. The molecular weight excluding hydrogens is 434 g/mol. The standard InChI is InChI=1S/C22H27N3O6S/c1-3-23-22(26)18-13-17(5-7-19(18)29-2)32(27,28)25-10-8-24(9-11-25)14-16-4-6-20-21(12-16)31-15-30-20/h4-7,12-13H,3,8-11,14-15H2,1-2H3,(H,23,26). The number of nitrogens with zero attached hydrogens (tertiary/aromatic N) is 2. The van der Waals surface area contributed by atoms with Crippen molar-refractivity contribution in [3.63, 3.8) is 0 Å². The van der Waals surface area contributed by atoms with Crippen molar-refractivity contribution < 1.29 is 27.4 Å². The molecule has 1 fully saturated rings. The zero-order valence-electron chi connectivity index (χ0n) is 18.2. The van der Waals surface area contributed by atoms with E-state index in [1.165, 1.54) is 29.6 Å². The third-order valence-corrected chi connectivity index (χ3v) is 7.46. The molecule has 4 rings (SSSR count). The number of rotatable bonds is 7. The summed E-state index contributed by atoms with van der Waals surface area (Å²) < 4.78 is 43.9. The second-order valence-corrected chi connectivity index (χ2v) is 9.53. The summed E-state index contributed by atoms with van der Waals surface area (Å²) in [6, 6.07) is 10.2. The van der Waals surface area contributed by atoms with Gasteiger partial charge in [0.2, 0.25) is 16.8 Å². The first-order valence-corrected chi connectivity index (χ1v) is 11.9. The zero-order chi connectivity index (χ0) is 22.7. The molecule has 32 heavy (non-hydrogen) atoms. The van der Waals surface area contributed by atoms with E-state index in [0.29, 0.717) is 45.0 Å². The van der Waals surface area contributed by atoms with Gasteiger partial charge >= 0.3 is 0 Å². The summed E-state index contributed by atoms with van der Waals surface area (Å²) in [7, 11) is -2.28. The van der Waals surface area contributed by atoms with Crippen LogP contribution in [-0.4, -0.2) is 70.2 Å². The normalized spacial score (nSPS) is 16.7. The van der Waals surface area contributed by atoms with Gasteiger partial charge in [-0.3, -0.25) is 9.69 Å². The maximum absolute atomic E-state index is 13.2. The molecule has 2 aliphatic rings. The van der Waals surface area contributed by atoms with Crippen molar-refractivity contribution in [3.05, 3.63) is 47.5 Å². The van der Waals surface area contributed by atoms with Crippen LogP contribution < -0.4 is 19.5 Å². The molecule has 9 nitrogen and oxygen atoms in total. The van der Waals surface area contributed by atoms with E-state index >= 15 is 0 Å². The number of nitrogens with one attached hydrogen (secondary N) is 1. The number of benzene rings is 2. The smallest absolute Gasteiger partial charge is 0.255 e. The zero-order valence-corrected chi connectivity index (χ0v) is 19.0. The van der Waals surface area contributed by atoms with Crippen LogP contribution in [0.15, 0.2) is 41.3 Å². The van der Waals surface area contributed by atoms with Crippen molar-refractivity contribution in [2.24, 2.45) is 0 Å². The summed E-state index contributed by atoms with van der Waals surface area (Å²) in [5.41, 5.74) is 1.30. The molecule has 0 aliphatic carbocycles. The first-order chi connectivity index (χ1) is 15.4. The number of hydrogen-bond acceptors (Lipinski definition) is 7. The minimum absolute atomic E-state index is 0.0868. The molecular formula is C22H27N3O6S. The van der Waals surface area contributed by atoms with Crippen molar-refractivity contribution in [1.82, 2.24) is 14.5 Å². The van der Waals surface area contributed by atoms with Gasteiger partial charge in [0.1, 0.15) is 5.75 Å². The number of ether oxygens (including phenoxy) is 3. The molecule has 0 bridgehead atoms. The van der Waals surface area contributed by atoms with Crippen molar-refractivity contribution >= 4 is 15.9 Å². The molecule has 0 unspecified atom stereocenters. The van der Waals surface area contributed by atoms with E-state index in [4.69, 9.17) is 14.2 Å². The summed E-state index contributed by atoms with van der Waals surface area (Å²) in [5.74, 6) is 1.46. The Labute approximate surface area is 187 Å². The van der Waals surface area contributed by atoms with Crippen LogP contribution in [0.5, 0.6) is 17.2 Å². The lowest BCUT2D eigenvalue weighted by atomic mass is 10.2. The number of fused-ring (bicyclic) bond motifs is 1. The predicted molar refractivity (Wildman–Crippen MR) is 118 cm³/mol. The topological polar surface area (TPSA) is 97.4 Å². The number of sulfonamides is 1. The Hall–Kier alpha value is -2.82. The van der Waals surface area contributed by atoms with Gasteiger partial charge in [-0.1, -0.05) is 6.07 Å². The highest BCUT2D eigenvalue weighted by molar-refractivity contribution is 7.89. The highest BCUT2D eigenvalue weighted by Crippen LogP contribution is 2.33. The van der Waals surface area contributed by atoms with Crippen LogP contribution in [0.1, 0.15) is 22.8 Å². The summed E-state index contributed by atoms with van der Waals surface area (Å²) in [4.78, 5) is 14.6. The van der Waals surface area contributed by atoms with Gasteiger partial charge in [-0.05, 0) is 42.8 Å². The quantitative estimate of drug-likeness (QED) is 0.670. The largest absolute Gasteiger partial charge is 0.496 e. The maximum Gasteiger partial charge on any atom is 0.255 e. The second kappa shape index (κ2) is 9.35. The Kier molecular flexibility index (Phi) is 6.54. The summed E-state index contributed by atoms with van der Waals surface area (Å²) in [5, 5.41) is 2.69. The molecule has 1 N–H and O–H groups in total. The average Bonchev–Trinajstić information content (AvgIpc) is 3.27. The minimum atomic E-state index is -3.73. The molecule has 1 amide bonds. The van der Waals surface area contributed by atoms with Gasteiger partial charge in [-0.25, -0.2) is 8.42 Å². The van der Waals surface area contributed by atoms with Gasteiger partial charge in [0, 0.05) is 39.3 Å². The Bertz CT molecular complexity index is 1100. The molecule has 0 aromatic heterocycles. The van der Waals surface area contributed by atoms with Gasteiger partial charge < -0.3 is 19.5 Å². The number of piperazine rings is 1. The van der Waals surface area contributed by atoms with Crippen LogP contribution in [-0.2, 0) is 16.6 Å². The molecule has 10 heteroatoms. The molecule has 2 aromatic carbocycles. The maximum atomic E-state index is 13.2. The molecule has 0 spiro atoms. The Balaban J connectivity index is 1.43. The third-order valence-electron chi connectivity index (χ3n) is 5.57. The van der Waals surface area contributed by atoms with Crippen molar-refractivity contribution in [3.8, 4) is 17.2 Å². The molecule has 1 saturated heterocycles. The molecule has 2 aromatic rings. The van der Waals surface area contributed by atoms with E-state index in [-0.39, 0.29) is 23.2 Å². The number of hydrogen-bond donors (Lipinski definition) is 1. The Morgan fingerprint density at radius 2 is 1.81 bits per heavy atom. The Morgan fingerprint density at radius 1 is 1.06 bits per heavy atom. The number of methoxy groups -OCH3 is 1.